The maximum absolute atomic E-state index is 11.5. The largest absolute Gasteiger partial charge is 0.480 e. The summed E-state index contributed by atoms with van der Waals surface area (Å²) in [6.45, 7) is 0.772. The molecule has 14 heavy (non-hydrogen) atoms. The summed E-state index contributed by atoms with van der Waals surface area (Å²) in [6.07, 6.45) is 3.75. The maximum Gasteiger partial charge on any atom is 0.263 e. The van der Waals surface area contributed by atoms with E-state index in [4.69, 9.17) is 4.74 Å². The molecular weight excluding hydrogens is 180 g/mol. The third kappa shape index (κ3) is 1.69. The first-order valence-electron chi connectivity index (χ1n) is 4.59. The monoisotopic (exact) mass is 192 g/mol. The minimum atomic E-state index is -0.317. The molecule has 2 heterocycles. The van der Waals surface area contributed by atoms with Gasteiger partial charge in [0.2, 0.25) is 0 Å². The maximum atomic E-state index is 11.5. The van der Waals surface area contributed by atoms with E-state index in [1.807, 2.05) is 0 Å². The van der Waals surface area contributed by atoms with Crippen molar-refractivity contribution in [2.45, 2.75) is 12.5 Å². The van der Waals surface area contributed by atoms with Gasteiger partial charge < -0.3 is 9.64 Å². The molecule has 1 aliphatic heterocycles. The smallest absolute Gasteiger partial charge is 0.263 e. The number of nitrogens with zero attached hydrogens (tertiary/aromatic N) is 2. The van der Waals surface area contributed by atoms with E-state index < -0.39 is 0 Å². The minimum Gasteiger partial charge on any atom is -0.480 e. The molecule has 1 unspecified atom stereocenters. The van der Waals surface area contributed by atoms with Crippen LogP contribution in [-0.4, -0.2) is 35.5 Å². The lowest BCUT2D eigenvalue weighted by Crippen LogP contribution is -2.29. The number of carbonyl (C=O) groups excluding carboxylic acids is 1. The van der Waals surface area contributed by atoms with E-state index in [1.165, 1.54) is 0 Å². The lowest BCUT2D eigenvalue weighted by Gasteiger charge is -2.12. The topological polar surface area (TPSA) is 42.4 Å². The van der Waals surface area contributed by atoms with Gasteiger partial charge in [0.05, 0.1) is 0 Å². The minimum absolute atomic E-state index is 0.0572. The van der Waals surface area contributed by atoms with Crippen LogP contribution in [0.15, 0.2) is 24.5 Å². The van der Waals surface area contributed by atoms with Gasteiger partial charge in [-0.2, -0.15) is 0 Å². The summed E-state index contributed by atoms with van der Waals surface area (Å²) in [6, 6.07) is 3.51. The zero-order valence-electron chi connectivity index (χ0n) is 8.01. The quantitative estimate of drug-likeness (QED) is 0.692. The van der Waals surface area contributed by atoms with Crippen molar-refractivity contribution in [2.75, 3.05) is 13.6 Å². The number of likely N-dealkylation sites (tertiary alicyclic amines) is 1. The Bertz CT molecular complexity index is 326. The summed E-state index contributed by atoms with van der Waals surface area (Å²) in [5.74, 6) is 0.760. The zero-order valence-corrected chi connectivity index (χ0v) is 8.01. The number of pyridine rings is 1. The second-order valence-corrected chi connectivity index (χ2v) is 3.34. The van der Waals surface area contributed by atoms with Crippen LogP contribution in [-0.2, 0) is 4.79 Å². The number of hydrogen-bond donors (Lipinski definition) is 0. The molecule has 74 valence electrons. The summed E-state index contributed by atoms with van der Waals surface area (Å²) in [5, 5.41) is 0. The molecule has 0 spiro atoms. The first-order valence-corrected chi connectivity index (χ1v) is 4.59. The van der Waals surface area contributed by atoms with Gasteiger partial charge in [0, 0.05) is 32.4 Å². The number of amides is 1. The predicted molar refractivity (Wildman–Crippen MR) is 50.9 cm³/mol. The fourth-order valence-corrected chi connectivity index (χ4v) is 1.48. The van der Waals surface area contributed by atoms with Gasteiger partial charge in [-0.05, 0) is 12.1 Å². The van der Waals surface area contributed by atoms with Crippen LogP contribution in [0.1, 0.15) is 6.42 Å². The van der Waals surface area contributed by atoms with Crippen molar-refractivity contribution in [3.05, 3.63) is 24.5 Å². The van der Waals surface area contributed by atoms with Gasteiger partial charge >= 0.3 is 0 Å². The summed E-state index contributed by atoms with van der Waals surface area (Å²) in [4.78, 5) is 17.1. The zero-order chi connectivity index (χ0) is 9.97. The molecule has 0 N–H and O–H groups in total. The summed E-state index contributed by atoms with van der Waals surface area (Å²) in [5.41, 5.74) is 0. The highest BCUT2D eigenvalue weighted by molar-refractivity contribution is 5.83. The molecule has 1 aliphatic rings. The molecule has 0 bridgehead atoms. The Hall–Kier alpha value is -1.58. The number of carbonyl (C=O) groups is 1. The Morgan fingerprint density at radius 2 is 2.21 bits per heavy atom. The van der Waals surface area contributed by atoms with E-state index in [0.29, 0.717) is 5.75 Å². The molecule has 4 heteroatoms. The molecule has 1 aromatic heterocycles. The highest BCUT2D eigenvalue weighted by Crippen LogP contribution is 2.17. The first-order chi connectivity index (χ1) is 6.77. The first kappa shape index (κ1) is 8.99. The van der Waals surface area contributed by atoms with Gasteiger partial charge in [0.1, 0.15) is 5.75 Å². The van der Waals surface area contributed by atoms with Crippen molar-refractivity contribution >= 4 is 5.91 Å². The molecule has 1 saturated heterocycles. The van der Waals surface area contributed by atoms with Gasteiger partial charge in [-0.1, -0.05) is 0 Å². The average Bonchev–Trinajstić information content (AvgIpc) is 2.52. The average molecular weight is 192 g/mol. The molecule has 4 nitrogen and oxygen atoms in total. The molecule has 1 atom stereocenters. The van der Waals surface area contributed by atoms with Crippen LogP contribution in [0.25, 0.3) is 0 Å². The van der Waals surface area contributed by atoms with Gasteiger partial charge in [0.25, 0.3) is 5.91 Å². The highest BCUT2D eigenvalue weighted by atomic mass is 16.5. The Morgan fingerprint density at radius 1 is 1.50 bits per heavy atom. The summed E-state index contributed by atoms with van der Waals surface area (Å²) < 4.78 is 5.53. The Morgan fingerprint density at radius 3 is 2.79 bits per heavy atom. The number of hydrogen-bond acceptors (Lipinski definition) is 3. The van der Waals surface area contributed by atoms with Crippen LogP contribution < -0.4 is 4.74 Å². The Kier molecular flexibility index (Phi) is 2.35. The fraction of sp³-hybridized carbons (Fsp3) is 0.400. The molecule has 0 saturated carbocycles. The van der Waals surface area contributed by atoms with Gasteiger partial charge in [-0.15, -0.1) is 0 Å². The van der Waals surface area contributed by atoms with Gasteiger partial charge in [-0.25, -0.2) is 0 Å². The van der Waals surface area contributed by atoms with E-state index in [2.05, 4.69) is 4.98 Å². The molecule has 1 aromatic rings. The number of rotatable bonds is 2. The SMILES string of the molecule is CN1CCC(Oc2ccncc2)C1=O. The number of aromatic nitrogens is 1. The van der Waals surface area contributed by atoms with E-state index in [0.717, 1.165) is 13.0 Å². The van der Waals surface area contributed by atoms with Crippen molar-refractivity contribution < 1.29 is 9.53 Å². The molecule has 1 fully saturated rings. The standard InChI is InChI=1S/C10H12N2O2/c1-12-7-4-9(10(12)13)14-8-2-5-11-6-3-8/h2-3,5-6,9H,4,7H2,1H3. The van der Waals surface area contributed by atoms with Crippen LogP contribution in [0.3, 0.4) is 0 Å². The Labute approximate surface area is 82.5 Å². The van der Waals surface area contributed by atoms with E-state index in [9.17, 15) is 4.79 Å². The predicted octanol–water partition coefficient (Wildman–Crippen LogP) is 0.691. The van der Waals surface area contributed by atoms with Crippen LogP contribution >= 0.6 is 0 Å². The molecule has 0 radical (unpaired) electrons. The van der Waals surface area contributed by atoms with Crippen molar-refractivity contribution in [3.8, 4) is 5.75 Å². The molecular formula is C10H12N2O2. The van der Waals surface area contributed by atoms with E-state index in [-0.39, 0.29) is 12.0 Å². The normalized spacial score (nSPS) is 21.4. The molecule has 0 aromatic carbocycles. The third-order valence-corrected chi connectivity index (χ3v) is 2.31. The fourth-order valence-electron chi connectivity index (χ4n) is 1.48. The van der Waals surface area contributed by atoms with Crippen LogP contribution in [0, 0.1) is 0 Å². The lowest BCUT2D eigenvalue weighted by atomic mass is 10.3. The van der Waals surface area contributed by atoms with Crippen LogP contribution in [0.2, 0.25) is 0 Å². The van der Waals surface area contributed by atoms with Crippen molar-refractivity contribution in [2.24, 2.45) is 0 Å². The number of ether oxygens (including phenoxy) is 1. The molecule has 0 aliphatic carbocycles. The molecule has 1 amide bonds. The number of likely N-dealkylation sites (N-methyl/N-ethyl adjacent to an activating group) is 1. The Balaban J connectivity index is 2.02. The second-order valence-electron chi connectivity index (χ2n) is 3.34. The van der Waals surface area contributed by atoms with Crippen molar-refractivity contribution in [1.82, 2.24) is 9.88 Å². The lowest BCUT2D eigenvalue weighted by molar-refractivity contribution is -0.132. The van der Waals surface area contributed by atoms with Crippen LogP contribution in [0.5, 0.6) is 5.75 Å². The summed E-state index contributed by atoms with van der Waals surface area (Å²) >= 11 is 0. The van der Waals surface area contributed by atoms with Gasteiger partial charge in [-0.3, -0.25) is 9.78 Å². The van der Waals surface area contributed by atoms with Crippen molar-refractivity contribution in [1.29, 1.82) is 0 Å². The third-order valence-electron chi connectivity index (χ3n) is 2.31. The van der Waals surface area contributed by atoms with E-state index in [1.54, 1.807) is 36.5 Å². The highest BCUT2D eigenvalue weighted by Gasteiger charge is 2.30. The van der Waals surface area contributed by atoms with Gasteiger partial charge in [0.15, 0.2) is 6.10 Å². The second kappa shape index (κ2) is 3.65. The van der Waals surface area contributed by atoms with Crippen LogP contribution in [0.4, 0.5) is 0 Å². The van der Waals surface area contributed by atoms with E-state index >= 15 is 0 Å². The van der Waals surface area contributed by atoms with Crippen molar-refractivity contribution in [3.63, 3.8) is 0 Å². The molecule has 2 rings (SSSR count). The summed E-state index contributed by atoms with van der Waals surface area (Å²) in [7, 11) is 1.79.